The smallest absolute Gasteiger partial charge is 0.308 e. The number of aliphatic hydroxyl groups excluding tert-OH is 2. The minimum absolute atomic E-state index is 0.0446. The fourth-order valence-corrected chi connectivity index (χ4v) is 1.83. The summed E-state index contributed by atoms with van der Waals surface area (Å²) in [6.07, 6.45) is -0.604. The molecule has 0 saturated carbocycles. The first-order valence-corrected chi connectivity index (χ1v) is 5.96. The molecule has 0 aromatic carbocycles. The van der Waals surface area contributed by atoms with E-state index >= 15 is 0 Å². The Hall–Kier alpha value is -1.05. The molecule has 0 amide bonds. The first kappa shape index (κ1) is 14.0. The average molecular weight is 260 g/mol. The monoisotopic (exact) mass is 260 g/mol. The molecule has 1 heterocycles. The number of nitrogens with zero attached hydrogens (tertiary/aromatic N) is 2. The fraction of sp³-hybridized carbons (Fsp3) is 0.500. The zero-order chi connectivity index (χ0) is 12.8. The van der Waals surface area contributed by atoms with Crippen LogP contribution in [0.1, 0.15) is 25.0 Å². The van der Waals surface area contributed by atoms with Crippen molar-refractivity contribution in [3.05, 3.63) is 24.0 Å². The van der Waals surface area contributed by atoms with Crippen LogP contribution in [0.15, 0.2) is 12.4 Å². The van der Waals surface area contributed by atoms with Gasteiger partial charge in [0.05, 0.1) is 6.10 Å². The lowest BCUT2D eigenvalue weighted by Gasteiger charge is -2.16. The Kier molecular flexibility index (Phi) is 5.46. The van der Waals surface area contributed by atoms with E-state index in [9.17, 15) is 19.4 Å². The standard InChI is InChI=1S/C10H13FN2O3S/c1-6(14)17-3-2-8(15)9(16)7-4-12-10(11)13-5-7/h4-5,8-9,15-16H,2-3H2,1H3. The summed E-state index contributed by atoms with van der Waals surface area (Å²) in [5, 5.41) is 19.3. The molecule has 7 heteroatoms. The average Bonchev–Trinajstić information content (AvgIpc) is 2.28. The lowest BCUT2D eigenvalue weighted by Crippen LogP contribution is -2.19. The molecule has 2 N–H and O–H groups in total. The maximum atomic E-state index is 12.4. The van der Waals surface area contributed by atoms with E-state index in [1.165, 1.54) is 6.92 Å². The highest BCUT2D eigenvalue weighted by atomic mass is 32.2. The molecule has 1 rings (SSSR count). The van der Waals surface area contributed by atoms with Gasteiger partial charge in [0, 0.05) is 30.6 Å². The van der Waals surface area contributed by atoms with Crippen molar-refractivity contribution in [1.29, 1.82) is 0 Å². The highest BCUT2D eigenvalue weighted by Crippen LogP contribution is 2.19. The summed E-state index contributed by atoms with van der Waals surface area (Å²) < 4.78 is 12.4. The maximum absolute atomic E-state index is 12.4. The summed E-state index contributed by atoms with van der Waals surface area (Å²) in [5.74, 6) is 0.412. The van der Waals surface area contributed by atoms with Gasteiger partial charge in [-0.15, -0.1) is 0 Å². The van der Waals surface area contributed by atoms with E-state index in [1.807, 2.05) is 0 Å². The van der Waals surface area contributed by atoms with Crippen LogP contribution in [-0.4, -0.2) is 37.2 Å². The van der Waals surface area contributed by atoms with Gasteiger partial charge in [0.2, 0.25) is 0 Å². The third kappa shape index (κ3) is 4.76. The quantitative estimate of drug-likeness (QED) is 0.757. The van der Waals surface area contributed by atoms with E-state index in [0.717, 1.165) is 24.2 Å². The summed E-state index contributed by atoms with van der Waals surface area (Å²) in [4.78, 5) is 17.2. The molecule has 2 unspecified atom stereocenters. The molecule has 0 aliphatic carbocycles. The molecule has 0 bridgehead atoms. The number of carbonyl (C=O) groups is 1. The zero-order valence-electron chi connectivity index (χ0n) is 9.21. The highest BCUT2D eigenvalue weighted by Gasteiger charge is 2.19. The van der Waals surface area contributed by atoms with Gasteiger partial charge >= 0.3 is 6.08 Å². The maximum Gasteiger partial charge on any atom is 0.308 e. The van der Waals surface area contributed by atoms with E-state index in [1.54, 1.807) is 0 Å². The Bertz CT molecular complexity index is 374. The Morgan fingerprint density at radius 3 is 2.59 bits per heavy atom. The summed E-state index contributed by atoms with van der Waals surface area (Å²) >= 11 is 1.07. The molecule has 1 aromatic rings. The Morgan fingerprint density at radius 2 is 2.06 bits per heavy atom. The van der Waals surface area contributed by atoms with E-state index in [2.05, 4.69) is 9.97 Å². The first-order chi connectivity index (χ1) is 8.00. The van der Waals surface area contributed by atoms with Crippen molar-refractivity contribution >= 4 is 16.9 Å². The van der Waals surface area contributed by atoms with Crippen molar-refractivity contribution in [3.63, 3.8) is 0 Å². The van der Waals surface area contributed by atoms with E-state index < -0.39 is 18.3 Å². The molecule has 0 fully saturated rings. The lowest BCUT2D eigenvalue weighted by molar-refractivity contribution is -0.109. The molecule has 17 heavy (non-hydrogen) atoms. The van der Waals surface area contributed by atoms with Gasteiger partial charge in [0.1, 0.15) is 6.10 Å². The Balaban J connectivity index is 2.48. The summed E-state index contributed by atoms with van der Waals surface area (Å²) in [6.45, 7) is 1.43. The summed E-state index contributed by atoms with van der Waals surface area (Å²) in [5.41, 5.74) is 0.242. The molecule has 5 nitrogen and oxygen atoms in total. The second kappa shape index (κ2) is 6.63. The van der Waals surface area contributed by atoms with Gasteiger partial charge in [-0.2, -0.15) is 4.39 Å². The van der Waals surface area contributed by atoms with Crippen molar-refractivity contribution in [1.82, 2.24) is 9.97 Å². The van der Waals surface area contributed by atoms with Crippen LogP contribution < -0.4 is 0 Å². The highest BCUT2D eigenvalue weighted by molar-refractivity contribution is 8.13. The van der Waals surface area contributed by atoms with E-state index in [4.69, 9.17) is 0 Å². The van der Waals surface area contributed by atoms with Gasteiger partial charge in [0.25, 0.3) is 0 Å². The van der Waals surface area contributed by atoms with Crippen LogP contribution in [0.3, 0.4) is 0 Å². The molecular weight excluding hydrogens is 247 g/mol. The van der Waals surface area contributed by atoms with Crippen molar-refractivity contribution in [2.75, 3.05) is 5.75 Å². The number of carbonyl (C=O) groups excluding carboxylic acids is 1. The molecule has 0 aliphatic heterocycles. The second-order valence-corrected chi connectivity index (χ2v) is 4.70. The lowest BCUT2D eigenvalue weighted by atomic mass is 10.1. The molecule has 0 spiro atoms. The van der Waals surface area contributed by atoms with Gasteiger partial charge < -0.3 is 10.2 Å². The minimum atomic E-state index is -1.18. The predicted octanol–water partition coefficient (Wildman–Crippen LogP) is 0.680. The first-order valence-electron chi connectivity index (χ1n) is 4.97. The number of halogens is 1. The minimum Gasteiger partial charge on any atom is -0.390 e. The number of aromatic nitrogens is 2. The van der Waals surface area contributed by atoms with E-state index in [-0.39, 0.29) is 17.1 Å². The molecule has 1 aromatic heterocycles. The number of thioether (sulfide) groups is 1. The number of hydrogen-bond donors (Lipinski definition) is 2. The van der Waals surface area contributed by atoms with Crippen LogP contribution in [0.4, 0.5) is 4.39 Å². The van der Waals surface area contributed by atoms with E-state index in [0.29, 0.717) is 5.75 Å². The van der Waals surface area contributed by atoms with Crippen LogP contribution in [0, 0.1) is 6.08 Å². The van der Waals surface area contributed by atoms with Crippen molar-refractivity contribution in [2.45, 2.75) is 25.6 Å². The topological polar surface area (TPSA) is 83.3 Å². The number of hydrogen-bond acceptors (Lipinski definition) is 6. The SMILES string of the molecule is CC(=O)SCCC(O)C(O)c1cnc(F)nc1. The molecular formula is C10H13FN2O3S. The second-order valence-electron chi connectivity index (χ2n) is 3.43. The van der Waals surface area contributed by atoms with Crippen molar-refractivity contribution in [2.24, 2.45) is 0 Å². The molecule has 2 atom stereocenters. The third-order valence-corrected chi connectivity index (χ3v) is 2.91. The summed E-state index contributed by atoms with van der Waals surface area (Å²) in [6, 6.07) is 0. The Morgan fingerprint density at radius 1 is 1.47 bits per heavy atom. The molecule has 0 saturated heterocycles. The predicted molar refractivity (Wildman–Crippen MR) is 60.7 cm³/mol. The third-order valence-electron chi connectivity index (χ3n) is 2.07. The fourth-order valence-electron chi connectivity index (χ4n) is 1.18. The number of aliphatic hydroxyl groups is 2. The van der Waals surface area contributed by atoms with Gasteiger partial charge in [-0.25, -0.2) is 9.97 Å². The van der Waals surface area contributed by atoms with Crippen LogP contribution >= 0.6 is 11.8 Å². The van der Waals surface area contributed by atoms with Gasteiger partial charge in [0.15, 0.2) is 5.12 Å². The van der Waals surface area contributed by atoms with Crippen LogP contribution in [0.2, 0.25) is 0 Å². The molecule has 0 radical (unpaired) electrons. The van der Waals surface area contributed by atoms with Crippen molar-refractivity contribution < 1.29 is 19.4 Å². The van der Waals surface area contributed by atoms with Crippen molar-refractivity contribution in [3.8, 4) is 0 Å². The zero-order valence-corrected chi connectivity index (χ0v) is 10.0. The van der Waals surface area contributed by atoms with Gasteiger partial charge in [-0.1, -0.05) is 11.8 Å². The van der Waals surface area contributed by atoms with Crippen LogP contribution in [0.5, 0.6) is 0 Å². The molecule has 0 aliphatic rings. The van der Waals surface area contributed by atoms with Gasteiger partial charge in [-0.05, 0) is 6.42 Å². The summed E-state index contributed by atoms with van der Waals surface area (Å²) in [7, 11) is 0. The Labute approximate surface area is 102 Å². The largest absolute Gasteiger partial charge is 0.390 e. The normalized spacial score (nSPS) is 14.4. The van der Waals surface area contributed by atoms with Crippen LogP contribution in [0.25, 0.3) is 0 Å². The number of rotatable bonds is 5. The van der Waals surface area contributed by atoms with Crippen LogP contribution in [-0.2, 0) is 4.79 Å². The molecule has 94 valence electrons. The van der Waals surface area contributed by atoms with Gasteiger partial charge in [-0.3, -0.25) is 4.79 Å².